The average Bonchev–Trinajstić information content (AvgIpc) is 2.88. The van der Waals surface area contributed by atoms with Crippen molar-refractivity contribution < 1.29 is 23.8 Å². The first-order valence-electron chi connectivity index (χ1n) is 12.7. The molecule has 3 atom stereocenters. The van der Waals surface area contributed by atoms with Crippen molar-refractivity contribution in [2.24, 2.45) is 5.92 Å². The van der Waals surface area contributed by atoms with Crippen LogP contribution in [0.1, 0.15) is 62.8 Å². The van der Waals surface area contributed by atoms with E-state index in [1.165, 1.54) is 5.56 Å². The Morgan fingerprint density at radius 2 is 1.85 bits per heavy atom. The van der Waals surface area contributed by atoms with Crippen LogP contribution in [0.3, 0.4) is 0 Å². The van der Waals surface area contributed by atoms with Crippen molar-refractivity contribution in [1.29, 1.82) is 0 Å². The fraction of sp³-hybridized carbons (Fsp3) is 0.692. The number of hydrogen-bond donors (Lipinski definition) is 1. The van der Waals surface area contributed by atoms with Crippen molar-refractivity contribution in [2.45, 2.75) is 75.5 Å². The molecule has 3 fully saturated rings. The molecule has 7 heteroatoms. The molecule has 180 valence electrons. The van der Waals surface area contributed by atoms with Crippen LogP contribution in [-0.4, -0.2) is 67.9 Å². The van der Waals surface area contributed by atoms with Gasteiger partial charge >= 0.3 is 0 Å². The summed E-state index contributed by atoms with van der Waals surface area (Å²) in [5, 5.41) is 3.26. The number of carbonyl (C=O) groups excluding carboxylic acids is 2. The summed E-state index contributed by atoms with van der Waals surface area (Å²) in [5.74, 6) is 1.18. The van der Waals surface area contributed by atoms with Crippen LogP contribution in [0.25, 0.3) is 0 Å². The zero-order chi connectivity index (χ0) is 22.6. The third-order valence-corrected chi connectivity index (χ3v) is 7.84. The number of piperidine rings is 1. The van der Waals surface area contributed by atoms with E-state index in [9.17, 15) is 9.59 Å². The second-order valence-electron chi connectivity index (χ2n) is 9.96. The molecule has 1 aliphatic carbocycles. The second kappa shape index (κ2) is 10.4. The van der Waals surface area contributed by atoms with Crippen molar-refractivity contribution in [2.75, 3.05) is 33.0 Å². The van der Waals surface area contributed by atoms with E-state index in [0.29, 0.717) is 25.7 Å². The van der Waals surface area contributed by atoms with Crippen molar-refractivity contribution in [1.82, 2.24) is 10.2 Å². The summed E-state index contributed by atoms with van der Waals surface area (Å²) in [5.41, 5.74) is 1.21. The molecule has 2 unspecified atom stereocenters. The maximum absolute atomic E-state index is 13.3. The number of ether oxygens (including phenoxy) is 3. The summed E-state index contributed by atoms with van der Waals surface area (Å²) >= 11 is 0. The van der Waals surface area contributed by atoms with Crippen LogP contribution >= 0.6 is 0 Å². The van der Waals surface area contributed by atoms with Gasteiger partial charge in [-0.15, -0.1) is 0 Å². The minimum atomic E-state index is -0.169. The van der Waals surface area contributed by atoms with Gasteiger partial charge in [-0.25, -0.2) is 0 Å². The number of fused-ring (bicyclic) bond motifs is 5. The maximum atomic E-state index is 13.3. The van der Waals surface area contributed by atoms with Crippen LogP contribution in [0.4, 0.5) is 0 Å². The number of hydrogen-bond acceptors (Lipinski definition) is 5. The lowest BCUT2D eigenvalue weighted by Gasteiger charge is -2.42. The third kappa shape index (κ3) is 5.19. The summed E-state index contributed by atoms with van der Waals surface area (Å²) < 4.78 is 18.0. The molecule has 7 nitrogen and oxygen atoms in total. The number of carbonyl (C=O) groups is 2. The Morgan fingerprint density at radius 1 is 1.00 bits per heavy atom. The summed E-state index contributed by atoms with van der Waals surface area (Å²) in [4.78, 5) is 28.1. The molecule has 4 heterocycles. The largest absolute Gasteiger partial charge is 0.483 e. The highest BCUT2D eigenvalue weighted by Crippen LogP contribution is 2.39. The molecule has 0 aromatic heterocycles. The Morgan fingerprint density at radius 3 is 2.67 bits per heavy atom. The highest BCUT2D eigenvalue weighted by atomic mass is 16.5. The van der Waals surface area contributed by atoms with E-state index in [2.05, 4.69) is 17.4 Å². The smallest absolute Gasteiger partial charge is 0.260 e. The molecule has 2 amide bonds. The number of para-hydroxylation sites is 1. The van der Waals surface area contributed by atoms with Crippen LogP contribution < -0.4 is 10.1 Å². The maximum Gasteiger partial charge on any atom is 0.260 e. The van der Waals surface area contributed by atoms with Gasteiger partial charge in [0.05, 0.1) is 37.3 Å². The van der Waals surface area contributed by atoms with Crippen LogP contribution in [0.2, 0.25) is 0 Å². The van der Waals surface area contributed by atoms with Crippen LogP contribution in [0, 0.1) is 5.92 Å². The summed E-state index contributed by atoms with van der Waals surface area (Å²) in [7, 11) is 0. The Balaban J connectivity index is 1.34. The van der Waals surface area contributed by atoms with Gasteiger partial charge in [-0.3, -0.25) is 9.59 Å². The summed E-state index contributed by atoms with van der Waals surface area (Å²) in [6.45, 7) is 2.36. The third-order valence-electron chi connectivity index (χ3n) is 7.84. The van der Waals surface area contributed by atoms with Gasteiger partial charge in [-0.05, 0) is 68.9 Å². The number of benzene rings is 1. The quantitative estimate of drug-likeness (QED) is 0.740. The van der Waals surface area contributed by atoms with E-state index in [1.807, 2.05) is 17.0 Å². The molecule has 0 radical (unpaired) electrons. The molecule has 5 aliphatic rings. The van der Waals surface area contributed by atoms with Gasteiger partial charge < -0.3 is 24.4 Å². The minimum absolute atomic E-state index is 0.0147. The van der Waals surface area contributed by atoms with Crippen molar-refractivity contribution in [3.05, 3.63) is 29.8 Å². The molecular weight excluding hydrogens is 420 g/mol. The van der Waals surface area contributed by atoms with Crippen molar-refractivity contribution in [3.8, 4) is 5.75 Å². The van der Waals surface area contributed by atoms with Gasteiger partial charge in [0.2, 0.25) is 5.91 Å². The van der Waals surface area contributed by atoms with Crippen LogP contribution in [0.15, 0.2) is 24.3 Å². The molecule has 1 aromatic rings. The van der Waals surface area contributed by atoms with Gasteiger partial charge in [-0.1, -0.05) is 18.2 Å². The highest BCUT2D eigenvalue weighted by Gasteiger charge is 2.38. The molecule has 4 aliphatic heterocycles. The number of nitrogens with one attached hydrogen (secondary N) is 1. The van der Waals surface area contributed by atoms with Crippen molar-refractivity contribution >= 4 is 11.8 Å². The standard InChI is InChI=1S/C26H36N2O5/c29-25-17-33-24-8-2-1-6-21(24)18-9-11-20(12-10-18)32-16-23-22(7-3-13-28(23)25)27-26(30)19-5-4-14-31-15-19/h1-2,6,8,18-20,22-23H,3-5,7,9-17H2,(H,27,30)/t18?,19?,20?,22-,23?/m0/s1. The van der Waals surface area contributed by atoms with Gasteiger partial charge in [-0.2, -0.15) is 0 Å². The molecule has 1 aromatic carbocycles. The normalized spacial score (nSPS) is 32.9. The molecular formula is C26H36N2O5. The fourth-order valence-corrected chi connectivity index (χ4v) is 5.94. The van der Waals surface area contributed by atoms with Crippen LogP contribution in [0.5, 0.6) is 5.75 Å². The number of amides is 2. The predicted molar refractivity (Wildman–Crippen MR) is 123 cm³/mol. The predicted octanol–water partition coefficient (Wildman–Crippen LogP) is 3.02. The SMILES string of the molecule is O=C(N[C@H]1CCCN2C(=O)COc3ccccc3C3CCC(CC3)OCC12)C1CCCOC1. The van der Waals surface area contributed by atoms with Gasteiger partial charge in [0.25, 0.3) is 5.91 Å². The Kier molecular flexibility index (Phi) is 7.16. The van der Waals surface area contributed by atoms with Gasteiger partial charge in [0, 0.05) is 13.2 Å². The lowest BCUT2D eigenvalue weighted by Crippen LogP contribution is -2.60. The van der Waals surface area contributed by atoms with E-state index in [4.69, 9.17) is 14.2 Å². The summed E-state index contributed by atoms with van der Waals surface area (Å²) in [6.07, 6.45) is 7.85. The molecule has 1 N–H and O–H groups in total. The molecule has 2 bridgehead atoms. The Bertz CT molecular complexity index is 832. The first-order valence-corrected chi connectivity index (χ1v) is 12.7. The molecule has 33 heavy (non-hydrogen) atoms. The topological polar surface area (TPSA) is 77.1 Å². The van der Waals surface area contributed by atoms with Gasteiger partial charge in [0.1, 0.15) is 5.75 Å². The first kappa shape index (κ1) is 22.7. The van der Waals surface area contributed by atoms with E-state index in [0.717, 1.165) is 63.7 Å². The summed E-state index contributed by atoms with van der Waals surface area (Å²) in [6, 6.07) is 7.86. The molecule has 6 rings (SSSR count). The fourth-order valence-electron chi connectivity index (χ4n) is 5.94. The Labute approximate surface area is 196 Å². The lowest BCUT2D eigenvalue weighted by molar-refractivity contribution is -0.143. The second-order valence-corrected chi connectivity index (χ2v) is 9.96. The van der Waals surface area contributed by atoms with E-state index in [1.54, 1.807) is 0 Å². The van der Waals surface area contributed by atoms with E-state index in [-0.39, 0.29) is 42.5 Å². The average molecular weight is 457 g/mol. The van der Waals surface area contributed by atoms with Crippen LogP contribution in [-0.2, 0) is 19.1 Å². The Hall–Kier alpha value is -2.12. The lowest BCUT2D eigenvalue weighted by atomic mass is 9.82. The zero-order valence-corrected chi connectivity index (χ0v) is 19.4. The molecule has 2 saturated heterocycles. The minimum Gasteiger partial charge on any atom is -0.483 e. The number of nitrogens with zero attached hydrogens (tertiary/aromatic N) is 1. The van der Waals surface area contributed by atoms with E-state index < -0.39 is 0 Å². The van der Waals surface area contributed by atoms with Gasteiger partial charge in [0.15, 0.2) is 6.61 Å². The molecule has 1 saturated carbocycles. The highest BCUT2D eigenvalue weighted by molar-refractivity contribution is 5.80. The van der Waals surface area contributed by atoms with Crippen molar-refractivity contribution in [3.63, 3.8) is 0 Å². The van der Waals surface area contributed by atoms with E-state index >= 15 is 0 Å². The first-order chi connectivity index (χ1) is 16.2. The molecule has 0 spiro atoms. The zero-order valence-electron chi connectivity index (χ0n) is 19.4. The monoisotopic (exact) mass is 456 g/mol. The number of rotatable bonds is 2.